The molecule has 2 aromatic heterocycles. The van der Waals surface area contributed by atoms with E-state index in [0.29, 0.717) is 5.56 Å². The van der Waals surface area contributed by atoms with Crippen molar-refractivity contribution in [1.82, 2.24) is 9.13 Å². The molecule has 0 unspecified atom stereocenters. The van der Waals surface area contributed by atoms with Gasteiger partial charge in [-0.1, -0.05) is 200 Å². The molecule has 0 N–H and O–H groups in total. The van der Waals surface area contributed by atoms with Crippen LogP contribution in [0.1, 0.15) is 5.56 Å². The van der Waals surface area contributed by atoms with Crippen molar-refractivity contribution in [1.29, 1.82) is 5.26 Å². The predicted molar refractivity (Wildman–Crippen MR) is 267 cm³/mol. The minimum absolute atomic E-state index is 0.612. The van der Waals surface area contributed by atoms with Crippen LogP contribution in [-0.4, -0.2) is 9.13 Å². The normalized spacial score (nSPS) is 11.4. The second-order valence-corrected chi connectivity index (χ2v) is 16.3. The van der Waals surface area contributed by atoms with Crippen molar-refractivity contribution in [2.75, 3.05) is 0 Å². The van der Waals surface area contributed by atoms with Gasteiger partial charge >= 0.3 is 0 Å². The largest absolute Gasteiger partial charge is 0.308 e. The van der Waals surface area contributed by atoms with Crippen molar-refractivity contribution in [2.45, 2.75) is 0 Å². The molecule has 0 saturated heterocycles. The summed E-state index contributed by atoms with van der Waals surface area (Å²) < 4.78 is 4.87. The van der Waals surface area contributed by atoms with E-state index in [4.69, 9.17) is 0 Å². The van der Waals surface area contributed by atoms with E-state index in [2.05, 4.69) is 240 Å². The third kappa shape index (κ3) is 5.89. The lowest BCUT2D eigenvalue weighted by molar-refractivity contribution is 1.14. The van der Waals surface area contributed by atoms with E-state index < -0.39 is 0 Å². The van der Waals surface area contributed by atoms with Crippen LogP contribution in [0.4, 0.5) is 0 Å². The first-order valence-electron chi connectivity index (χ1n) is 21.7. The predicted octanol–water partition coefficient (Wildman–Crippen LogP) is 16.1. The lowest BCUT2D eigenvalue weighted by atomic mass is 9.83. The van der Waals surface area contributed by atoms with Gasteiger partial charge in [-0.15, -0.1) is 0 Å². The van der Waals surface area contributed by atoms with Gasteiger partial charge in [-0.05, 0) is 75.3 Å². The van der Waals surface area contributed by atoms with Crippen molar-refractivity contribution >= 4 is 43.6 Å². The Morgan fingerprint density at radius 2 is 0.578 bits per heavy atom. The van der Waals surface area contributed by atoms with Crippen LogP contribution in [0.2, 0.25) is 0 Å². The van der Waals surface area contributed by atoms with Crippen LogP contribution in [0.5, 0.6) is 0 Å². The SMILES string of the molecule is N#Cc1c(-c2ccccc2)c(-n2c3ccccc3c3cc(-c4ccccc4)ccc32)c(-c2ccccc2)c(-n2c3ccccc3c3cc(-c4ccccc4)ccc32)c1-c1ccccc1. The zero-order chi connectivity index (χ0) is 42.6. The molecular formula is C61H39N3. The summed E-state index contributed by atoms with van der Waals surface area (Å²) in [7, 11) is 0. The van der Waals surface area contributed by atoms with E-state index in [9.17, 15) is 5.26 Å². The van der Waals surface area contributed by atoms with Gasteiger partial charge in [-0.25, -0.2) is 0 Å². The molecule has 0 fully saturated rings. The monoisotopic (exact) mass is 813 g/mol. The molecule has 0 amide bonds. The molecule has 10 aromatic carbocycles. The number of nitrogens with zero attached hydrogens (tertiary/aromatic N) is 3. The van der Waals surface area contributed by atoms with E-state index in [1.54, 1.807) is 0 Å². The summed E-state index contributed by atoms with van der Waals surface area (Å²) in [5, 5.41) is 16.5. The Labute approximate surface area is 371 Å². The Morgan fingerprint density at radius 1 is 0.266 bits per heavy atom. The topological polar surface area (TPSA) is 33.6 Å². The Bertz CT molecular complexity index is 3520. The third-order valence-electron chi connectivity index (χ3n) is 12.8. The summed E-state index contributed by atoms with van der Waals surface area (Å²) in [5.74, 6) is 0. The molecule has 64 heavy (non-hydrogen) atoms. The standard InChI is InChI=1S/C61H39N3/c62-40-52-57(43-24-10-3-11-25-43)60(63-53-32-18-16-30-48(53)50-38-46(34-36-55(50)63)41-20-6-1-7-21-41)59(45-28-14-5-15-29-45)61(58(52)44-26-12-4-13-27-44)64-54-33-19-17-31-49(54)51-39-47(35-37-56(51)64)42-22-8-2-9-23-42/h1-39H. The highest BCUT2D eigenvalue weighted by atomic mass is 15.0. The Balaban J connectivity index is 1.33. The van der Waals surface area contributed by atoms with E-state index in [-0.39, 0.29) is 0 Å². The van der Waals surface area contributed by atoms with Crippen molar-refractivity contribution in [3.63, 3.8) is 0 Å². The fraction of sp³-hybridized carbons (Fsp3) is 0. The van der Waals surface area contributed by atoms with Gasteiger partial charge in [0.25, 0.3) is 0 Å². The minimum atomic E-state index is 0.612. The van der Waals surface area contributed by atoms with E-state index >= 15 is 0 Å². The maximum Gasteiger partial charge on any atom is 0.101 e. The summed E-state index contributed by atoms with van der Waals surface area (Å²) in [6.07, 6.45) is 0. The number of fused-ring (bicyclic) bond motifs is 6. The third-order valence-corrected chi connectivity index (χ3v) is 12.8. The molecule has 12 aromatic rings. The average molecular weight is 814 g/mol. The molecule has 0 aliphatic heterocycles. The van der Waals surface area contributed by atoms with Crippen LogP contribution in [0.25, 0.3) is 111 Å². The molecule has 0 aliphatic carbocycles. The Morgan fingerprint density at radius 3 is 0.953 bits per heavy atom. The summed E-state index contributed by atoms with van der Waals surface area (Å²) in [5.41, 5.74) is 17.2. The van der Waals surface area contributed by atoms with Gasteiger partial charge in [-0.3, -0.25) is 0 Å². The van der Waals surface area contributed by atoms with Crippen LogP contribution in [-0.2, 0) is 0 Å². The molecule has 298 valence electrons. The first-order chi connectivity index (χ1) is 31.8. The second-order valence-electron chi connectivity index (χ2n) is 16.3. The number of para-hydroxylation sites is 2. The quantitative estimate of drug-likeness (QED) is 0.158. The van der Waals surface area contributed by atoms with Crippen LogP contribution >= 0.6 is 0 Å². The maximum absolute atomic E-state index is 11.9. The number of benzene rings is 10. The zero-order valence-corrected chi connectivity index (χ0v) is 34.9. The van der Waals surface area contributed by atoms with Crippen LogP contribution in [0.3, 0.4) is 0 Å². The summed E-state index contributed by atoms with van der Waals surface area (Å²) in [4.78, 5) is 0. The van der Waals surface area contributed by atoms with E-state index in [1.807, 2.05) is 12.1 Å². The first kappa shape index (κ1) is 37.1. The van der Waals surface area contributed by atoms with Crippen molar-refractivity contribution in [3.8, 4) is 73.1 Å². The fourth-order valence-corrected chi connectivity index (χ4v) is 9.98. The average Bonchev–Trinajstić information content (AvgIpc) is 3.88. The molecule has 2 heterocycles. The van der Waals surface area contributed by atoms with Gasteiger partial charge in [0, 0.05) is 38.2 Å². The summed E-state index contributed by atoms with van der Waals surface area (Å²) in [6, 6.07) is 86.9. The molecule has 12 rings (SSSR count). The maximum atomic E-state index is 11.9. The van der Waals surface area contributed by atoms with Crippen LogP contribution in [0.15, 0.2) is 237 Å². The van der Waals surface area contributed by atoms with Gasteiger partial charge in [-0.2, -0.15) is 5.26 Å². The molecule has 0 saturated carbocycles. The zero-order valence-electron chi connectivity index (χ0n) is 34.9. The molecular weight excluding hydrogens is 775 g/mol. The van der Waals surface area contributed by atoms with E-state index in [1.165, 1.54) is 11.1 Å². The molecule has 0 radical (unpaired) electrons. The molecule has 3 heteroatoms. The molecule has 0 spiro atoms. The Hall–Kier alpha value is -8.71. The second kappa shape index (κ2) is 15.3. The summed E-state index contributed by atoms with van der Waals surface area (Å²) in [6.45, 7) is 0. The first-order valence-corrected chi connectivity index (χ1v) is 21.7. The van der Waals surface area contributed by atoms with Crippen molar-refractivity contribution in [2.24, 2.45) is 0 Å². The highest BCUT2D eigenvalue weighted by Gasteiger charge is 2.32. The molecule has 0 bridgehead atoms. The summed E-state index contributed by atoms with van der Waals surface area (Å²) >= 11 is 0. The van der Waals surface area contributed by atoms with Crippen molar-refractivity contribution < 1.29 is 0 Å². The molecule has 0 aliphatic rings. The van der Waals surface area contributed by atoms with Gasteiger partial charge in [0.2, 0.25) is 0 Å². The fourth-order valence-electron chi connectivity index (χ4n) is 9.98. The smallest absolute Gasteiger partial charge is 0.101 e. The molecule has 3 nitrogen and oxygen atoms in total. The van der Waals surface area contributed by atoms with E-state index in [0.717, 1.165) is 99.5 Å². The molecule has 0 atom stereocenters. The van der Waals surface area contributed by atoms with Crippen LogP contribution in [0, 0.1) is 11.3 Å². The number of hydrogen-bond acceptors (Lipinski definition) is 1. The van der Waals surface area contributed by atoms with Gasteiger partial charge in [0.05, 0.1) is 39.0 Å². The lowest BCUT2D eigenvalue weighted by Gasteiger charge is -2.28. The minimum Gasteiger partial charge on any atom is -0.308 e. The van der Waals surface area contributed by atoms with Gasteiger partial charge in [0.15, 0.2) is 0 Å². The number of nitriles is 1. The highest BCUT2D eigenvalue weighted by molar-refractivity contribution is 6.16. The van der Waals surface area contributed by atoms with Gasteiger partial charge < -0.3 is 9.13 Å². The van der Waals surface area contributed by atoms with Crippen LogP contribution < -0.4 is 0 Å². The lowest BCUT2D eigenvalue weighted by Crippen LogP contribution is -2.10. The number of aromatic nitrogens is 2. The van der Waals surface area contributed by atoms with Crippen molar-refractivity contribution in [3.05, 3.63) is 242 Å². The number of rotatable bonds is 7. The number of hydrogen-bond donors (Lipinski definition) is 0. The Kier molecular flexibility index (Phi) is 8.88. The highest BCUT2D eigenvalue weighted by Crippen LogP contribution is 2.52. The van der Waals surface area contributed by atoms with Gasteiger partial charge in [0.1, 0.15) is 6.07 Å².